The normalized spacial score (nSPS) is 11.3. The molecular weight excluding hydrogens is 340 g/mol. The van der Waals surface area contributed by atoms with Crippen LogP contribution in [0.2, 0.25) is 0 Å². The van der Waals surface area contributed by atoms with Crippen molar-refractivity contribution < 1.29 is 9.21 Å². The molecule has 0 aliphatic carbocycles. The van der Waals surface area contributed by atoms with Gasteiger partial charge in [0.05, 0.1) is 6.54 Å². The Balaban J connectivity index is 1.30. The summed E-state index contributed by atoms with van der Waals surface area (Å²) in [5.41, 5.74) is 3.66. The van der Waals surface area contributed by atoms with Crippen LogP contribution in [0.15, 0.2) is 77.5 Å². The summed E-state index contributed by atoms with van der Waals surface area (Å²) in [7, 11) is 0. The number of carbonyl (C=O) groups excluding carboxylic acids is 1. The first-order chi connectivity index (χ1) is 13.3. The van der Waals surface area contributed by atoms with Crippen molar-refractivity contribution in [1.29, 1.82) is 0 Å². The molecule has 1 N–H and O–H groups in total. The Morgan fingerprint density at radius 3 is 2.67 bits per heavy atom. The van der Waals surface area contributed by atoms with Crippen molar-refractivity contribution >= 4 is 23.1 Å². The molecule has 6 heteroatoms. The number of hydrogen-bond acceptors (Lipinski definition) is 4. The van der Waals surface area contributed by atoms with Gasteiger partial charge in [-0.1, -0.05) is 36.4 Å². The van der Waals surface area contributed by atoms with Crippen LogP contribution in [0.5, 0.6) is 0 Å². The molecule has 0 aliphatic heterocycles. The van der Waals surface area contributed by atoms with Crippen LogP contribution in [0.4, 0.5) is 0 Å². The van der Waals surface area contributed by atoms with Crippen molar-refractivity contribution in [2.24, 2.45) is 0 Å². The van der Waals surface area contributed by atoms with Gasteiger partial charge in [-0.25, -0.2) is 4.98 Å². The van der Waals surface area contributed by atoms with Crippen molar-refractivity contribution in [3.63, 3.8) is 0 Å². The largest absolute Gasteiger partial charge is 0.437 e. The molecule has 0 atom stereocenters. The van der Waals surface area contributed by atoms with Crippen molar-refractivity contribution in [2.75, 3.05) is 0 Å². The average Bonchev–Trinajstić information content (AvgIpc) is 3.35. The van der Waals surface area contributed by atoms with Crippen LogP contribution >= 0.6 is 0 Å². The minimum absolute atomic E-state index is 0.196. The number of nitrogens with zero attached hydrogens (tertiary/aromatic N) is 3. The lowest BCUT2D eigenvalue weighted by atomic mass is 10.1. The van der Waals surface area contributed by atoms with Crippen LogP contribution in [-0.2, 0) is 17.9 Å². The van der Waals surface area contributed by atoms with E-state index in [-0.39, 0.29) is 5.91 Å². The maximum absolute atomic E-state index is 12.0. The van der Waals surface area contributed by atoms with Gasteiger partial charge in [0.2, 0.25) is 11.8 Å². The minimum Gasteiger partial charge on any atom is -0.437 e. The van der Waals surface area contributed by atoms with Gasteiger partial charge in [-0.3, -0.25) is 9.48 Å². The molecule has 4 rings (SSSR count). The lowest BCUT2D eigenvalue weighted by molar-refractivity contribution is -0.116. The van der Waals surface area contributed by atoms with E-state index in [1.54, 1.807) is 12.3 Å². The maximum atomic E-state index is 12.0. The molecule has 0 bridgehead atoms. The summed E-state index contributed by atoms with van der Waals surface area (Å²) in [6, 6.07) is 17.5. The Labute approximate surface area is 156 Å². The Hall–Kier alpha value is -3.67. The number of fused-ring (bicyclic) bond motifs is 1. The third kappa shape index (κ3) is 4.30. The van der Waals surface area contributed by atoms with Crippen LogP contribution in [0.1, 0.15) is 17.0 Å². The monoisotopic (exact) mass is 358 g/mol. The highest BCUT2D eigenvalue weighted by Crippen LogP contribution is 2.15. The molecule has 0 radical (unpaired) electrons. The fourth-order valence-electron chi connectivity index (χ4n) is 2.70. The number of amides is 1. The molecule has 134 valence electrons. The van der Waals surface area contributed by atoms with Crippen molar-refractivity contribution in [3.8, 4) is 0 Å². The van der Waals surface area contributed by atoms with Gasteiger partial charge in [-0.05, 0) is 29.3 Å². The molecule has 0 unspecified atom stereocenters. The van der Waals surface area contributed by atoms with Crippen molar-refractivity contribution in [3.05, 3.63) is 90.1 Å². The third-order valence-electron chi connectivity index (χ3n) is 4.08. The SMILES string of the molecule is O=C(/C=C/c1nc2ccccc2o1)NCc1ccc(Cn2cccn2)cc1. The van der Waals surface area contributed by atoms with E-state index in [2.05, 4.69) is 15.4 Å². The highest BCUT2D eigenvalue weighted by Gasteiger charge is 2.03. The predicted molar refractivity (Wildman–Crippen MR) is 103 cm³/mol. The lowest BCUT2D eigenvalue weighted by Gasteiger charge is -2.05. The summed E-state index contributed by atoms with van der Waals surface area (Å²) >= 11 is 0. The number of para-hydroxylation sites is 2. The number of carbonyl (C=O) groups is 1. The van der Waals surface area contributed by atoms with Gasteiger partial charge in [0.15, 0.2) is 5.58 Å². The summed E-state index contributed by atoms with van der Waals surface area (Å²) in [5, 5.41) is 7.05. The van der Waals surface area contributed by atoms with Crippen LogP contribution in [0.3, 0.4) is 0 Å². The zero-order chi connectivity index (χ0) is 18.5. The topological polar surface area (TPSA) is 73.0 Å². The number of nitrogens with one attached hydrogen (secondary N) is 1. The maximum Gasteiger partial charge on any atom is 0.244 e. The second-order valence-corrected chi connectivity index (χ2v) is 6.09. The highest BCUT2D eigenvalue weighted by molar-refractivity contribution is 5.91. The van der Waals surface area contributed by atoms with E-state index in [1.165, 1.54) is 6.08 Å². The highest BCUT2D eigenvalue weighted by atomic mass is 16.3. The fraction of sp³-hybridized carbons (Fsp3) is 0.0952. The van der Waals surface area contributed by atoms with Gasteiger partial charge in [0, 0.05) is 31.1 Å². The second-order valence-electron chi connectivity index (χ2n) is 6.09. The zero-order valence-electron chi connectivity index (χ0n) is 14.6. The second kappa shape index (κ2) is 7.70. The van der Waals surface area contributed by atoms with E-state index >= 15 is 0 Å². The summed E-state index contributed by atoms with van der Waals surface area (Å²) < 4.78 is 7.42. The van der Waals surface area contributed by atoms with Crippen LogP contribution in [-0.4, -0.2) is 20.7 Å². The number of rotatable bonds is 6. The molecule has 0 fully saturated rings. The first kappa shape index (κ1) is 16.8. The van der Waals surface area contributed by atoms with Gasteiger partial charge in [0.25, 0.3) is 0 Å². The van der Waals surface area contributed by atoms with Gasteiger partial charge in [0.1, 0.15) is 5.52 Å². The molecule has 2 aromatic carbocycles. The fourth-order valence-corrected chi connectivity index (χ4v) is 2.70. The van der Waals surface area contributed by atoms with Crippen LogP contribution in [0.25, 0.3) is 17.2 Å². The standard InChI is InChI=1S/C21H18N4O2/c26-20(10-11-21-24-18-4-1-2-5-19(18)27-21)22-14-16-6-8-17(9-7-16)15-25-13-3-12-23-25/h1-13H,14-15H2,(H,22,26)/b11-10+. The molecule has 0 saturated carbocycles. The molecule has 4 aromatic rings. The van der Waals surface area contributed by atoms with E-state index in [4.69, 9.17) is 4.42 Å². The molecule has 1 amide bonds. The van der Waals surface area contributed by atoms with Crippen LogP contribution in [0, 0.1) is 0 Å². The average molecular weight is 358 g/mol. The van der Waals surface area contributed by atoms with E-state index in [9.17, 15) is 4.79 Å². The lowest BCUT2D eigenvalue weighted by Crippen LogP contribution is -2.20. The first-order valence-corrected chi connectivity index (χ1v) is 8.63. The van der Waals surface area contributed by atoms with Gasteiger partial charge in [-0.2, -0.15) is 5.10 Å². The molecule has 2 heterocycles. The Morgan fingerprint density at radius 1 is 1.07 bits per heavy atom. The van der Waals surface area contributed by atoms with E-state index in [1.807, 2.05) is 65.5 Å². The quantitative estimate of drug-likeness (QED) is 0.536. The Kier molecular flexibility index (Phi) is 4.78. The van der Waals surface area contributed by atoms with Gasteiger partial charge < -0.3 is 9.73 Å². The van der Waals surface area contributed by atoms with Gasteiger partial charge >= 0.3 is 0 Å². The summed E-state index contributed by atoms with van der Waals surface area (Å²) in [6.45, 7) is 1.19. The molecule has 0 spiro atoms. The van der Waals surface area contributed by atoms with Crippen molar-refractivity contribution in [2.45, 2.75) is 13.1 Å². The van der Waals surface area contributed by atoms with E-state index in [0.29, 0.717) is 18.0 Å². The van der Waals surface area contributed by atoms with Crippen molar-refractivity contribution in [1.82, 2.24) is 20.1 Å². The minimum atomic E-state index is -0.196. The molecule has 0 aliphatic rings. The molecule has 6 nitrogen and oxygen atoms in total. The number of aromatic nitrogens is 3. The summed E-state index contributed by atoms with van der Waals surface area (Å²) in [5.74, 6) is 0.215. The van der Waals surface area contributed by atoms with Crippen LogP contribution < -0.4 is 5.32 Å². The zero-order valence-corrected chi connectivity index (χ0v) is 14.6. The number of hydrogen-bond donors (Lipinski definition) is 1. The van der Waals surface area contributed by atoms with E-state index < -0.39 is 0 Å². The molecule has 2 aromatic heterocycles. The predicted octanol–water partition coefficient (Wildman–Crippen LogP) is 3.40. The van der Waals surface area contributed by atoms with Gasteiger partial charge in [-0.15, -0.1) is 0 Å². The molecular formula is C21H18N4O2. The Bertz CT molecular complexity index is 1030. The summed E-state index contributed by atoms with van der Waals surface area (Å²) in [4.78, 5) is 16.3. The third-order valence-corrected chi connectivity index (χ3v) is 4.08. The number of benzene rings is 2. The summed E-state index contributed by atoms with van der Waals surface area (Å²) in [6.07, 6.45) is 6.69. The smallest absolute Gasteiger partial charge is 0.244 e. The Morgan fingerprint density at radius 2 is 1.89 bits per heavy atom. The molecule has 0 saturated heterocycles. The first-order valence-electron chi connectivity index (χ1n) is 8.63. The molecule has 27 heavy (non-hydrogen) atoms. The van der Waals surface area contributed by atoms with E-state index in [0.717, 1.165) is 23.2 Å². The number of oxazole rings is 1.